The average Bonchev–Trinajstić information content (AvgIpc) is 2.83. The number of alkyl halides is 6. The van der Waals surface area contributed by atoms with Crippen LogP contribution >= 0.6 is 15.9 Å². The molecule has 0 saturated heterocycles. The van der Waals surface area contributed by atoms with E-state index >= 15 is 0 Å². The molecule has 3 aromatic rings. The Balaban J connectivity index is 0.000000271. The van der Waals surface area contributed by atoms with Gasteiger partial charge in [0.25, 0.3) is 0 Å². The van der Waals surface area contributed by atoms with Gasteiger partial charge >= 0.3 is 24.7 Å². The van der Waals surface area contributed by atoms with Gasteiger partial charge in [0.05, 0.1) is 29.8 Å². The standard InChI is InChI=1S/C15H11F3O3.C9H6BrF3O3/c1-20-14(19)11-7-8-12(10-5-3-2-4-6-10)13(9-11)21-15(16,17)18;1-15-8(14)5-2-3-6(10)7(4-5)16-9(11,12)13/h2-9H,1H3;2-4H,1H3. The molecule has 0 amide bonds. The highest BCUT2D eigenvalue weighted by Crippen LogP contribution is 2.35. The van der Waals surface area contributed by atoms with Gasteiger partial charge in [-0.25, -0.2) is 9.59 Å². The Morgan fingerprint density at radius 1 is 0.676 bits per heavy atom. The molecule has 198 valence electrons. The smallest absolute Gasteiger partial charge is 0.465 e. The SMILES string of the molecule is COC(=O)c1ccc(-c2ccccc2)c(OC(F)(F)F)c1.COC(=O)c1ccc(Br)c(OC(F)(F)F)c1. The number of hydrogen-bond acceptors (Lipinski definition) is 6. The minimum atomic E-state index is -4.85. The van der Waals surface area contributed by atoms with Crippen molar-refractivity contribution in [1.29, 1.82) is 0 Å². The third kappa shape index (κ3) is 9.33. The molecule has 0 radical (unpaired) electrons. The summed E-state index contributed by atoms with van der Waals surface area (Å²) in [5.41, 5.74) is 0.745. The molecule has 0 atom stereocenters. The lowest BCUT2D eigenvalue weighted by atomic mass is 10.0. The summed E-state index contributed by atoms with van der Waals surface area (Å²) in [6, 6.07) is 15.8. The highest BCUT2D eigenvalue weighted by molar-refractivity contribution is 9.10. The highest BCUT2D eigenvalue weighted by Gasteiger charge is 2.33. The van der Waals surface area contributed by atoms with Crippen LogP contribution in [0.1, 0.15) is 20.7 Å². The summed E-state index contributed by atoms with van der Waals surface area (Å²) in [7, 11) is 2.28. The van der Waals surface area contributed by atoms with E-state index in [1.165, 1.54) is 24.3 Å². The minimum absolute atomic E-state index is 0.0172. The van der Waals surface area contributed by atoms with Gasteiger partial charge in [-0.2, -0.15) is 0 Å². The van der Waals surface area contributed by atoms with Crippen LogP contribution in [-0.4, -0.2) is 38.9 Å². The number of methoxy groups -OCH3 is 2. The van der Waals surface area contributed by atoms with E-state index < -0.39 is 36.2 Å². The van der Waals surface area contributed by atoms with Gasteiger partial charge in [0.2, 0.25) is 0 Å². The fourth-order valence-electron chi connectivity index (χ4n) is 2.78. The van der Waals surface area contributed by atoms with E-state index in [2.05, 4.69) is 34.9 Å². The number of halogens is 7. The van der Waals surface area contributed by atoms with Crippen LogP contribution in [0.4, 0.5) is 26.3 Å². The zero-order valence-corrected chi connectivity index (χ0v) is 20.5. The maximum Gasteiger partial charge on any atom is 0.573 e. The number of hydrogen-bond donors (Lipinski definition) is 0. The lowest BCUT2D eigenvalue weighted by Crippen LogP contribution is -2.18. The fourth-order valence-corrected chi connectivity index (χ4v) is 3.11. The van der Waals surface area contributed by atoms with E-state index in [9.17, 15) is 35.9 Å². The zero-order valence-electron chi connectivity index (χ0n) is 18.9. The molecule has 0 aromatic heterocycles. The van der Waals surface area contributed by atoms with Gasteiger partial charge < -0.3 is 18.9 Å². The third-order valence-electron chi connectivity index (χ3n) is 4.29. The van der Waals surface area contributed by atoms with Gasteiger partial charge in [-0.3, -0.25) is 0 Å². The Hall–Kier alpha value is -3.74. The average molecular weight is 595 g/mol. The lowest BCUT2D eigenvalue weighted by Gasteiger charge is -2.14. The number of benzene rings is 3. The monoisotopic (exact) mass is 594 g/mol. The molecule has 13 heteroatoms. The largest absolute Gasteiger partial charge is 0.573 e. The molecule has 0 bridgehead atoms. The van der Waals surface area contributed by atoms with Crippen LogP contribution in [0.2, 0.25) is 0 Å². The first-order valence-corrected chi connectivity index (χ1v) is 10.7. The predicted molar refractivity (Wildman–Crippen MR) is 122 cm³/mol. The summed E-state index contributed by atoms with van der Waals surface area (Å²) in [6.45, 7) is 0. The molecule has 3 aromatic carbocycles. The van der Waals surface area contributed by atoms with Crippen LogP contribution in [0.15, 0.2) is 71.2 Å². The number of esters is 2. The van der Waals surface area contributed by atoms with Gasteiger partial charge in [0, 0.05) is 5.56 Å². The third-order valence-corrected chi connectivity index (χ3v) is 4.95. The molecular formula is C24H17BrF6O6. The Labute approximate surface area is 214 Å². The van der Waals surface area contributed by atoms with Gasteiger partial charge in [-0.15, -0.1) is 26.3 Å². The molecule has 0 aliphatic carbocycles. The Morgan fingerprint density at radius 2 is 1.14 bits per heavy atom. The van der Waals surface area contributed by atoms with E-state index in [0.717, 1.165) is 26.4 Å². The van der Waals surface area contributed by atoms with Crippen molar-refractivity contribution in [2.45, 2.75) is 12.7 Å². The second kappa shape index (κ2) is 12.5. The van der Waals surface area contributed by atoms with E-state index in [1.807, 2.05) is 0 Å². The number of carbonyl (C=O) groups is 2. The molecule has 0 fully saturated rings. The number of carbonyl (C=O) groups excluding carboxylic acids is 2. The summed E-state index contributed by atoms with van der Waals surface area (Å²) < 4.78 is 90.2. The van der Waals surface area contributed by atoms with Crippen molar-refractivity contribution in [2.24, 2.45) is 0 Å². The minimum Gasteiger partial charge on any atom is -0.465 e. The molecule has 0 unspecified atom stereocenters. The van der Waals surface area contributed by atoms with E-state index in [4.69, 9.17) is 0 Å². The Morgan fingerprint density at radius 3 is 1.62 bits per heavy atom. The first-order chi connectivity index (χ1) is 17.2. The molecule has 0 heterocycles. The molecule has 0 aliphatic rings. The molecule has 3 rings (SSSR count). The fraction of sp³-hybridized carbons (Fsp3) is 0.167. The Kier molecular flexibility index (Phi) is 9.95. The van der Waals surface area contributed by atoms with Crippen molar-refractivity contribution in [3.05, 3.63) is 82.3 Å². The first kappa shape index (κ1) is 29.5. The van der Waals surface area contributed by atoms with E-state index in [1.54, 1.807) is 30.3 Å². The van der Waals surface area contributed by atoms with Crippen molar-refractivity contribution in [2.75, 3.05) is 14.2 Å². The molecule has 0 saturated carbocycles. The summed E-state index contributed by atoms with van der Waals surface area (Å²) in [4.78, 5) is 22.5. The van der Waals surface area contributed by atoms with Crippen LogP contribution in [0.3, 0.4) is 0 Å². The van der Waals surface area contributed by atoms with E-state index in [0.29, 0.717) is 5.56 Å². The van der Waals surface area contributed by atoms with Crippen LogP contribution < -0.4 is 9.47 Å². The van der Waals surface area contributed by atoms with Gasteiger partial charge in [0.1, 0.15) is 11.5 Å². The van der Waals surface area contributed by atoms with Gasteiger partial charge in [0.15, 0.2) is 0 Å². The molecule has 0 aliphatic heterocycles. The lowest BCUT2D eigenvalue weighted by molar-refractivity contribution is -0.275. The van der Waals surface area contributed by atoms with Crippen molar-refractivity contribution < 1.29 is 54.9 Å². The summed E-state index contributed by atoms with van der Waals surface area (Å²) in [5.74, 6) is -2.41. The second-order valence-electron chi connectivity index (χ2n) is 6.80. The number of rotatable bonds is 5. The summed E-state index contributed by atoms with van der Waals surface area (Å²) >= 11 is 2.88. The van der Waals surface area contributed by atoms with Crippen LogP contribution in [0.5, 0.6) is 11.5 Å². The van der Waals surface area contributed by atoms with Gasteiger partial charge in [-0.1, -0.05) is 30.3 Å². The summed E-state index contributed by atoms with van der Waals surface area (Å²) in [5, 5.41) is 0. The van der Waals surface area contributed by atoms with Crippen LogP contribution in [-0.2, 0) is 9.47 Å². The van der Waals surface area contributed by atoms with Crippen LogP contribution in [0, 0.1) is 0 Å². The first-order valence-electron chi connectivity index (χ1n) is 9.91. The van der Waals surface area contributed by atoms with Crippen LogP contribution in [0.25, 0.3) is 11.1 Å². The molecule has 37 heavy (non-hydrogen) atoms. The molecule has 0 spiro atoms. The van der Waals surface area contributed by atoms with Crippen molar-refractivity contribution in [3.63, 3.8) is 0 Å². The number of ether oxygens (including phenoxy) is 4. The second-order valence-corrected chi connectivity index (χ2v) is 7.66. The Bertz CT molecular complexity index is 1230. The van der Waals surface area contributed by atoms with Crippen molar-refractivity contribution in [1.82, 2.24) is 0 Å². The quantitative estimate of drug-likeness (QED) is 0.230. The summed E-state index contributed by atoms with van der Waals surface area (Å²) in [6.07, 6.45) is -9.66. The van der Waals surface area contributed by atoms with Crippen molar-refractivity contribution >= 4 is 27.9 Å². The molecule has 0 N–H and O–H groups in total. The zero-order chi connectivity index (χ0) is 27.8. The van der Waals surface area contributed by atoms with E-state index in [-0.39, 0.29) is 21.2 Å². The topological polar surface area (TPSA) is 71.1 Å². The van der Waals surface area contributed by atoms with Crippen molar-refractivity contribution in [3.8, 4) is 22.6 Å². The molecular weight excluding hydrogens is 578 g/mol. The normalized spacial score (nSPS) is 11.1. The maximum atomic E-state index is 12.5. The maximum absolute atomic E-state index is 12.5. The van der Waals surface area contributed by atoms with Gasteiger partial charge in [-0.05, 0) is 57.9 Å². The molecule has 6 nitrogen and oxygen atoms in total. The highest BCUT2D eigenvalue weighted by atomic mass is 79.9. The predicted octanol–water partition coefficient (Wildman–Crippen LogP) is 7.17.